The summed E-state index contributed by atoms with van der Waals surface area (Å²) in [6.07, 6.45) is 6.91. The van der Waals surface area contributed by atoms with Crippen LogP contribution in [0, 0.1) is 11.8 Å². The molecule has 4 rings (SSSR count). The van der Waals surface area contributed by atoms with Crippen LogP contribution in [-0.4, -0.2) is 36.2 Å². The molecule has 2 aromatic rings. The zero-order chi connectivity index (χ0) is 23.9. The molecule has 6 heteroatoms. The maximum absolute atomic E-state index is 13.6. The number of carbonyl (C=O) groups is 2. The van der Waals surface area contributed by atoms with E-state index in [1.165, 1.54) is 12.0 Å². The molecule has 0 bridgehead atoms. The van der Waals surface area contributed by atoms with Gasteiger partial charge < -0.3 is 20.1 Å². The van der Waals surface area contributed by atoms with E-state index >= 15 is 0 Å². The van der Waals surface area contributed by atoms with Crippen LogP contribution in [-0.2, 0) is 22.6 Å². The van der Waals surface area contributed by atoms with Crippen molar-refractivity contribution < 1.29 is 19.4 Å². The van der Waals surface area contributed by atoms with Gasteiger partial charge in [0.1, 0.15) is 18.4 Å². The van der Waals surface area contributed by atoms with Gasteiger partial charge in [0, 0.05) is 0 Å². The van der Waals surface area contributed by atoms with Gasteiger partial charge in [-0.05, 0) is 61.4 Å². The number of carbonyl (C=O) groups excluding carboxylic acids is 1. The number of hydrogen-bond donors (Lipinski definition) is 2. The molecule has 1 saturated carbocycles. The van der Waals surface area contributed by atoms with Crippen LogP contribution in [0.2, 0.25) is 0 Å². The standard InChI is InChI=1S/C28H36N2O4/c1-2-20-12-14-21(15-13-20)18-30-25-10-6-7-11-26(25)34-19-24(27(30)31)29-17-16-23(28(32)33)22-8-4-3-5-9-22/h6-7,10-15,22-24,29H,2-5,8-9,16-19H2,1H3,(H,32,33)/t23-,24-/m0/s1. The van der Waals surface area contributed by atoms with E-state index in [2.05, 4.69) is 36.5 Å². The molecule has 0 saturated heterocycles. The van der Waals surface area contributed by atoms with E-state index in [1.54, 1.807) is 4.90 Å². The summed E-state index contributed by atoms with van der Waals surface area (Å²) < 4.78 is 6.02. The third kappa shape index (κ3) is 5.79. The Kier molecular flexibility index (Phi) is 8.22. The van der Waals surface area contributed by atoms with Crippen molar-refractivity contribution in [1.29, 1.82) is 0 Å². The van der Waals surface area contributed by atoms with E-state index in [0.29, 0.717) is 25.3 Å². The minimum atomic E-state index is -0.721. The van der Waals surface area contributed by atoms with E-state index in [4.69, 9.17) is 4.74 Å². The number of nitrogens with one attached hydrogen (secondary N) is 1. The Labute approximate surface area is 202 Å². The molecular weight excluding hydrogens is 428 g/mol. The highest BCUT2D eigenvalue weighted by Gasteiger charge is 2.33. The van der Waals surface area contributed by atoms with Crippen molar-refractivity contribution in [3.05, 3.63) is 59.7 Å². The Morgan fingerprint density at radius 1 is 1.09 bits per heavy atom. The Balaban J connectivity index is 1.45. The van der Waals surface area contributed by atoms with Crippen LogP contribution in [0.4, 0.5) is 5.69 Å². The largest absolute Gasteiger partial charge is 0.489 e. The van der Waals surface area contributed by atoms with Crippen molar-refractivity contribution in [2.75, 3.05) is 18.1 Å². The summed E-state index contributed by atoms with van der Waals surface area (Å²) in [5.74, 6) is -0.201. The topological polar surface area (TPSA) is 78.9 Å². The van der Waals surface area contributed by atoms with Crippen LogP contribution in [0.5, 0.6) is 5.75 Å². The number of anilines is 1. The van der Waals surface area contributed by atoms with Crippen LogP contribution in [0.15, 0.2) is 48.5 Å². The zero-order valence-electron chi connectivity index (χ0n) is 20.0. The number of carboxylic acids is 1. The second-order valence-corrected chi connectivity index (χ2v) is 9.51. The molecule has 1 amide bonds. The molecule has 0 spiro atoms. The van der Waals surface area contributed by atoms with Crippen molar-refractivity contribution in [3.63, 3.8) is 0 Å². The Bertz CT molecular complexity index is 969. The zero-order valence-corrected chi connectivity index (χ0v) is 20.0. The molecule has 0 radical (unpaired) electrons. The van der Waals surface area contributed by atoms with Gasteiger partial charge in [0.25, 0.3) is 0 Å². The van der Waals surface area contributed by atoms with E-state index in [1.807, 2.05) is 24.3 Å². The lowest BCUT2D eigenvalue weighted by molar-refractivity contribution is -0.144. The normalized spacial score (nSPS) is 19.7. The number of ether oxygens (including phenoxy) is 1. The number of amides is 1. The molecule has 1 aliphatic heterocycles. The summed E-state index contributed by atoms with van der Waals surface area (Å²) in [6, 6.07) is 15.5. The second-order valence-electron chi connectivity index (χ2n) is 9.51. The fraction of sp³-hybridized carbons (Fsp3) is 0.500. The average Bonchev–Trinajstić information content (AvgIpc) is 2.99. The quantitative estimate of drug-likeness (QED) is 0.557. The average molecular weight is 465 g/mol. The number of nitrogens with zero attached hydrogens (tertiary/aromatic N) is 1. The lowest BCUT2D eigenvalue weighted by Crippen LogP contribution is -2.49. The summed E-state index contributed by atoms with van der Waals surface area (Å²) >= 11 is 0. The highest BCUT2D eigenvalue weighted by Crippen LogP contribution is 2.33. The number of fused-ring (bicyclic) bond motifs is 1. The Morgan fingerprint density at radius 3 is 2.50 bits per heavy atom. The molecule has 1 heterocycles. The molecule has 1 aliphatic carbocycles. The van der Waals surface area contributed by atoms with Crippen LogP contribution in [0.3, 0.4) is 0 Å². The van der Waals surface area contributed by atoms with Gasteiger partial charge in [-0.1, -0.05) is 62.6 Å². The Hall–Kier alpha value is -2.86. The predicted octanol–water partition coefficient (Wildman–Crippen LogP) is 4.80. The lowest BCUT2D eigenvalue weighted by Gasteiger charge is -2.28. The molecule has 0 unspecified atom stereocenters. The van der Waals surface area contributed by atoms with Gasteiger partial charge in [-0.15, -0.1) is 0 Å². The summed E-state index contributed by atoms with van der Waals surface area (Å²) in [4.78, 5) is 27.3. The fourth-order valence-electron chi connectivity index (χ4n) is 5.24. The van der Waals surface area contributed by atoms with E-state index < -0.39 is 12.0 Å². The van der Waals surface area contributed by atoms with Crippen molar-refractivity contribution in [2.24, 2.45) is 11.8 Å². The van der Waals surface area contributed by atoms with Crippen LogP contribution in [0.25, 0.3) is 0 Å². The van der Waals surface area contributed by atoms with Gasteiger partial charge in [-0.3, -0.25) is 9.59 Å². The SMILES string of the molecule is CCc1ccc(CN2C(=O)[C@@H](NCC[C@H](C(=O)O)C3CCCCC3)COc3ccccc32)cc1. The first-order valence-corrected chi connectivity index (χ1v) is 12.6. The number of rotatable bonds is 9. The number of carboxylic acid groups (broad SMARTS) is 1. The van der Waals surface area contributed by atoms with Crippen molar-refractivity contribution in [3.8, 4) is 5.75 Å². The van der Waals surface area contributed by atoms with Gasteiger partial charge in [0.15, 0.2) is 0 Å². The smallest absolute Gasteiger partial charge is 0.306 e. The summed E-state index contributed by atoms with van der Waals surface area (Å²) in [5, 5.41) is 13.1. The molecule has 0 aromatic heterocycles. The third-order valence-electron chi connectivity index (χ3n) is 7.28. The first-order valence-electron chi connectivity index (χ1n) is 12.6. The second kappa shape index (κ2) is 11.5. The van der Waals surface area contributed by atoms with Crippen LogP contribution >= 0.6 is 0 Å². The third-order valence-corrected chi connectivity index (χ3v) is 7.28. The van der Waals surface area contributed by atoms with Crippen molar-refractivity contribution >= 4 is 17.6 Å². The fourth-order valence-corrected chi connectivity index (χ4v) is 5.24. The molecule has 1 fully saturated rings. The molecule has 2 atom stereocenters. The highest BCUT2D eigenvalue weighted by atomic mass is 16.5. The molecular formula is C28H36N2O4. The van der Waals surface area contributed by atoms with Crippen molar-refractivity contribution in [2.45, 2.75) is 64.5 Å². The van der Waals surface area contributed by atoms with Gasteiger partial charge in [0.2, 0.25) is 5.91 Å². The number of para-hydroxylation sites is 2. The van der Waals surface area contributed by atoms with Crippen molar-refractivity contribution in [1.82, 2.24) is 5.32 Å². The molecule has 182 valence electrons. The van der Waals surface area contributed by atoms with E-state index in [0.717, 1.165) is 43.4 Å². The van der Waals surface area contributed by atoms with E-state index in [-0.39, 0.29) is 24.3 Å². The minimum Gasteiger partial charge on any atom is -0.489 e. The maximum atomic E-state index is 13.6. The molecule has 6 nitrogen and oxygen atoms in total. The van der Waals surface area contributed by atoms with Gasteiger partial charge >= 0.3 is 5.97 Å². The van der Waals surface area contributed by atoms with Gasteiger partial charge in [-0.2, -0.15) is 0 Å². The highest BCUT2D eigenvalue weighted by molar-refractivity contribution is 5.99. The first kappa shape index (κ1) is 24.3. The van der Waals surface area contributed by atoms with E-state index in [9.17, 15) is 14.7 Å². The maximum Gasteiger partial charge on any atom is 0.306 e. The monoisotopic (exact) mass is 464 g/mol. The lowest BCUT2D eigenvalue weighted by atomic mass is 9.78. The number of aryl methyl sites for hydroxylation is 1. The summed E-state index contributed by atoms with van der Waals surface area (Å²) in [6.45, 7) is 3.28. The number of benzene rings is 2. The molecule has 2 aliphatic rings. The predicted molar refractivity (Wildman–Crippen MR) is 133 cm³/mol. The van der Waals surface area contributed by atoms with Gasteiger partial charge in [0.05, 0.1) is 18.2 Å². The van der Waals surface area contributed by atoms with Crippen LogP contribution in [0.1, 0.15) is 56.6 Å². The molecule has 2 aromatic carbocycles. The molecule has 34 heavy (non-hydrogen) atoms. The molecule has 2 N–H and O–H groups in total. The minimum absolute atomic E-state index is 0.0472. The summed E-state index contributed by atoms with van der Waals surface area (Å²) in [7, 11) is 0. The summed E-state index contributed by atoms with van der Waals surface area (Å²) in [5.41, 5.74) is 3.09. The Morgan fingerprint density at radius 2 is 1.79 bits per heavy atom. The van der Waals surface area contributed by atoms with Gasteiger partial charge in [-0.25, -0.2) is 0 Å². The number of hydrogen-bond acceptors (Lipinski definition) is 4. The number of aliphatic carboxylic acids is 1. The van der Waals surface area contributed by atoms with Crippen LogP contribution < -0.4 is 15.0 Å². The first-order chi connectivity index (χ1) is 16.6.